The van der Waals surface area contributed by atoms with Crippen molar-refractivity contribution in [2.75, 3.05) is 19.7 Å². The molecule has 0 saturated heterocycles. The van der Waals surface area contributed by atoms with E-state index in [0.717, 1.165) is 30.7 Å². The maximum Gasteiger partial charge on any atom is 0.242 e. The number of rotatable bonds is 9. The van der Waals surface area contributed by atoms with Crippen LogP contribution in [0, 0.1) is 4.77 Å². The molecule has 0 spiro atoms. The normalized spacial score (nSPS) is 10.7. The molecule has 0 radical (unpaired) electrons. The fourth-order valence-electron chi connectivity index (χ4n) is 2.60. The maximum absolute atomic E-state index is 12.6. The lowest BCUT2D eigenvalue weighted by Gasteiger charge is -2.21. The molecule has 2 rings (SSSR count). The van der Waals surface area contributed by atoms with Gasteiger partial charge < -0.3 is 9.64 Å². The molecule has 1 N–H and O–H groups in total. The van der Waals surface area contributed by atoms with Crippen LogP contribution < -0.4 is 4.74 Å². The number of amides is 1. The molecule has 0 fully saturated rings. The standard InChI is InChI=1S/C18H26N4O2S/c1-4-7-12-21(5-2)16(23)13-22-17(19-20-18(22)25)14-8-10-15(11-9-14)24-6-3/h8-11H,4-7,12-13H2,1-3H3,(H,20,25). The number of nitrogens with zero attached hydrogens (tertiary/aromatic N) is 3. The Morgan fingerprint density at radius 1 is 1.28 bits per heavy atom. The van der Waals surface area contributed by atoms with E-state index in [4.69, 9.17) is 17.0 Å². The van der Waals surface area contributed by atoms with Crippen molar-refractivity contribution in [3.05, 3.63) is 29.0 Å². The first-order valence-electron chi connectivity index (χ1n) is 8.76. The van der Waals surface area contributed by atoms with Gasteiger partial charge in [-0.25, -0.2) is 0 Å². The molecule has 0 aliphatic heterocycles. The van der Waals surface area contributed by atoms with Crippen LogP contribution in [0.5, 0.6) is 5.75 Å². The molecule has 0 aliphatic rings. The molecule has 136 valence electrons. The quantitative estimate of drug-likeness (QED) is 0.692. The van der Waals surface area contributed by atoms with E-state index in [-0.39, 0.29) is 12.5 Å². The number of nitrogens with one attached hydrogen (secondary N) is 1. The number of aromatic nitrogens is 3. The molecule has 6 nitrogen and oxygen atoms in total. The van der Waals surface area contributed by atoms with Gasteiger partial charge in [0.1, 0.15) is 12.3 Å². The Morgan fingerprint density at radius 2 is 2.00 bits per heavy atom. The first-order chi connectivity index (χ1) is 12.1. The molecular formula is C18H26N4O2S. The van der Waals surface area contributed by atoms with Crippen LogP contribution in [0.3, 0.4) is 0 Å². The Kier molecular flexibility index (Phi) is 7.18. The van der Waals surface area contributed by atoms with Gasteiger partial charge in [0.15, 0.2) is 10.6 Å². The van der Waals surface area contributed by atoms with E-state index in [1.165, 1.54) is 0 Å². The Balaban J connectivity index is 2.20. The van der Waals surface area contributed by atoms with Gasteiger partial charge in [-0.05, 0) is 56.8 Å². The summed E-state index contributed by atoms with van der Waals surface area (Å²) in [7, 11) is 0. The van der Waals surface area contributed by atoms with E-state index in [1.807, 2.05) is 43.0 Å². The summed E-state index contributed by atoms with van der Waals surface area (Å²) in [6.45, 7) is 8.34. The minimum absolute atomic E-state index is 0.0561. The zero-order valence-corrected chi connectivity index (χ0v) is 15.9. The molecule has 0 aliphatic carbocycles. The van der Waals surface area contributed by atoms with Crippen molar-refractivity contribution in [1.29, 1.82) is 0 Å². The van der Waals surface area contributed by atoms with E-state index in [0.29, 0.717) is 23.7 Å². The van der Waals surface area contributed by atoms with Gasteiger partial charge in [0.05, 0.1) is 6.61 Å². The molecule has 0 unspecified atom stereocenters. The van der Waals surface area contributed by atoms with Crippen LogP contribution in [0.15, 0.2) is 24.3 Å². The predicted octanol–water partition coefficient (Wildman–Crippen LogP) is 3.65. The minimum Gasteiger partial charge on any atom is -0.494 e. The molecule has 1 amide bonds. The van der Waals surface area contributed by atoms with Crippen molar-refractivity contribution in [2.24, 2.45) is 0 Å². The van der Waals surface area contributed by atoms with Gasteiger partial charge in [0.25, 0.3) is 0 Å². The van der Waals surface area contributed by atoms with Crippen LogP contribution in [0.2, 0.25) is 0 Å². The largest absolute Gasteiger partial charge is 0.494 e. The number of hydrogen-bond donors (Lipinski definition) is 1. The number of ether oxygens (including phenoxy) is 1. The molecule has 1 heterocycles. The molecule has 0 atom stereocenters. The Labute approximate surface area is 153 Å². The fraction of sp³-hybridized carbons (Fsp3) is 0.500. The van der Waals surface area contributed by atoms with Gasteiger partial charge in [0, 0.05) is 18.7 Å². The summed E-state index contributed by atoms with van der Waals surface area (Å²) >= 11 is 5.32. The molecule has 7 heteroatoms. The van der Waals surface area contributed by atoms with Gasteiger partial charge in [-0.1, -0.05) is 13.3 Å². The number of unbranched alkanes of at least 4 members (excludes halogenated alkanes) is 1. The minimum atomic E-state index is 0.0561. The topological polar surface area (TPSA) is 63.1 Å². The van der Waals surface area contributed by atoms with Crippen LogP contribution >= 0.6 is 12.2 Å². The van der Waals surface area contributed by atoms with E-state index in [2.05, 4.69) is 17.1 Å². The van der Waals surface area contributed by atoms with Crippen LogP contribution in [-0.4, -0.2) is 45.3 Å². The van der Waals surface area contributed by atoms with Crippen molar-refractivity contribution >= 4 is 18.1 Å². The number of carbonyl (C=O) groups is 1. The Morgan fingerprint density at radius 3 is 2.60 bits per heavy atom. The van der Waals surface area contributed by atoms with Gasteiger partial charge in [-0.2, -0.15) is 5.10 Å². The number of aromatic amines is 1. The van der Waals surface area contributed by atoms with Gasteiger partial charge in [0.2, 0.25) is 5.91 Å². The van der Waals surface area contributed by atoms with Crippen molar-refractivity contribution < 1.29 is 9.53 Å². The van der Waals surface area contributed by atoms with Gasteiger partial charge in [-0.15, -0.1) is 0 Å². The number of H-pyrrole nitrogens is 1. The first-order valence-corrected chi connectivity index (χ1v) is 9.17. The third kappa shape index (κ3) is 4.92. The average molecular weight is 362 g/mol. The summed E-state index contributed by atoms with van der Waals surface area (Å²) in [5, 5.41) is 7.09. The summed E-state index contributed by atoms with van der Waals surface area (Å²) < 4.78 is 7.66. The second-order valence-corrected chi connectivity index (χ2v) is 6.11. The second-order valence-electron chi connectivity index (χ2n) is 5.72. The van der Waals surface area contributed by atoms with Crippen molar-refractivity contribution in [3.63, 3.8) is 0 Å². The summed E-state index contributed by atoms with van der Waals surface area (Å²) in [6, 6.07) is 7.63. The average Bonchev–Trinajstić information content (AvgIpc) is 2.97. The van der Waals surface area contributed by atoms with E-state index in [9.17, 15) is 4.79 Å². The smallest absolute Gasteiger partial charge is 0.242 e. The highest BCUT2D eigenvalue weighted by molar-refractivity contribution is 7.71. The Hall–Kier alpha value is -2.15. The van der Waals surface area contributed by atoms with Crippen LogP contribution in [0.4, 0.5) is 0 Å². The molecule has 0 bridgehead atoms. The zero-order valence-electron chi connectivity index (χ0n) is 15.1. The summed E-state index contributed by atoms with van der Waals surface area (Å²) in [5.41, 5.74) is 0.889. The number of likely N-dealkylation sites (N-methyl/N-ethyl adjacent to an activating group) is 1. The zero-order chi connectivity index (χ0) is 18.2. The highest BCUT2D eigenvalue weighted by Gasteiger charge is 2.16. The highest BCUT2D eigenvalue weighted by atomic mass is 32.1. The molecule has 1 aromatic heterocycles. The van der Waals surface area contributed by atoms with Gasteiger partial charge >= 0.3 is 0 Å². The predicted molar refractivity (Wildman–Crippen MR) is 101 cm³/mol. The monoisotopic (exact) mass is 362 g/mol. The molecule has 2 aromatic rings. The highest BCUT2D eigenvalue weighted by Crippen LogP contribution is 2.21. The number of benzene rings is 1. The molecular weight excluding hydrogens is 336 g/mol. The Bertz CT molecular complexity index is 736. The lowest BCUT2D eigenvalue weighted by Crippen LogP contribution is -2.34. The third-order valence-electron chi connectivity index (χ3n) is 3.99. The third-order valence-corrected chi connectivity index (χ3v) is 4.30. The van der Waals surface area contributed by atoms with Gasteiger partial charge in [-0.3, -0.25) is 14.5 Å². The van der Waals surface area contributed by atoms with Crippen molar-refractivity contribution in [2.45, 2.75) is 40.2 Å². The van der Waals surface area contributed by atoms with E-state index in [1.54, 1.807) is 4.57 Å². The van der Waals surface area contributed by atoms with Crippen LogP contribution in [-0.2, 0) is 11.3 Å². The second kappa shape index (κ2) is 9.36. The lowest BCUT2D eigenvalue weighted by molar-refractivity contribution is -0.131. The van der Waals surface area contributed by atoms with Crippen molar-refractivity contribution in [1.82, 2.24) is 19.7 Å². The first kappa shape index (κ1) is 19.2. The van der Waals surface area contributed by atoms with E-state index < -0.39 is 0 Å². The molecule has 0 saturated carbocycles. The maximum atomic E-state index is 12.6. The van der Waals surface area contributed by atoms with E-state index >= 15 is 0 Å². The van der Waals surface area contributed by atoms with Crippen LogP contribution in [0.1, 0.15) is 33.6 Å². The number of carbonyl (C=O) groups excluding carboxylic acids is 1. The summed E-state index contributed by atoms with van der Waals surface area (Å²) in [4.78, 5) is 14.5. The summed E-state index contributed by atoms with van der Waals surface area (Å²) in [5.74, 6) is 1.52. The molecule has 1 aromatic carbocycles. The fourth-order valence-corrected chi connectivity index (χ4v) is 2.79. The molecule has 25 heavy (non-hydrogen) atoms. The lowest BCUT2D eigenvalue weighted by atomic mass is 10.2. The SMILES string of the molecule is CCCCN(CC)C(=O)Cn1c(-c2ccc(OCC)cc2)n[nH]c1=S. The number of hydrogen-bond acceptors (Lipinski definition) is 4. The van der Waals surface area contributed by atoms with Crippen molar-refractivity contribution in [3.8, 4) is 17.1 Å². The van der Waals surface area contributed by atoms with Crippen LogP contribution in [0.25, 0.3) is 11.4 Å². The summed E-state index contributed by atoms with van der Waals surface area (Å²) in [6.07, 6.45) is 2.06.